The molecule has 0 radical (unpaired) electrons. The quantitative estimate of drug-likeness (QED) is 0.872. The van der Waals surface area contributed by atoms with Crippen LogP contribution in [0.2, 0.25) is 0 Å². The van der Waals surface area contributed by atoms with Crippen molar-refractivity contribution < 1.29 is 4.52 Å². The second-order valence-electron chi connectivity index (χ2n) is 3.87. The van der Waals surface area contributed by atoms with Crippen LogP contribution in [-0.4, -0.2) is 11.7 Å². The van der Waals surface area contributed by atoms with E-state index in [0.717, 1.165) is 41.0 Å². The fourth-order valence-corrected chi connectivity index (χ4v) is 2.42. The Kier molecular flexibility index (Phi) is 2.53. The molecule has 0 saturated heterocycles. The van der Waals surface area contributed by atoms with Gasteiger partial charge in [-0.3, -0.25) is 0 Å². The number of nitrogens with one attached hydrogen (secondary N) is 1. The van der Waals surface area contributed by atoms with Crippen LogP contribution in [0.5, 0.6) is 0 Å². The molecule has 82 valence electrons. The molecule has 1 aliphatic heterocycles. The molecular weight excluding hydrogens is 268 g/mol. The zero-order valence-corrected chi connectivity index (χ0v) is 10.3. The standard InChI is InChI=1S/C12H11BrN2O/c13-9-3-1-2-8(6-9)12-10-4-5-14-7-11(10)16-15-12/h1-3,6,14H,4-5,7H2. The Morgan fingerprint density at radius 3 is 3.19 bits per heavy atom. The van der Waals surface area contributed by atoms with E-state index >= 15 is 0 Å². The number of hydrogen-bond donors (Lipinski definition) is 1. The Bertz CT molecular complexity index is 521. The fraction of sp³-hybridized carbons (Fsp3) is 0.250. The molecule has 3 rings (SSSR count). The second-order valence-corrected chi connectivity index (χ2v) is 4.79. The first kappa shape index (κ1) is 10.1. The van der Waals surface area contributed by atoms with Crippen molar-refractivity contribution in [2.45, 2.75) is 13.0 Å². The van der Waals surface area contributed by atoms with Gasteiger partial charge in [-0.25, -0.2) is 0 Å². The molecule has 1 aromatic heterocycles. The van der Waals surface area contributed by atoms with Crippen molar-refractivity contribution in [1.29, 1.82) is 0 Å². The minimum Gasteiger partial charge on any atom is -0.359 e. The summed E-state index contributed by atoms with van der Waals surface area (Å²) < 4.78 is 6.42. The van der Waals surface area contributed by atoms with Crippen LogP contribution < -0.4 is 5.32 Å². The van der Waals surface area contributed by atoms with Crippen molar-refractivity contribution in [1.82, 2.24) is 10.5 Å². The zero-order chi connectivity index (χ0) is 11.0. The molecule has 0 atom stereocenters. The summed E-state index contributed by atoms with van der Waals surface area (Å²) in [6, 6.07) is 8.16. The van der Waals surface area contributed by atoms with Crippen LogP contribution in [0.25, 0.3) is 11.3 Å². The Morgan fingerprint density at radius 2 is 2.31 bits per heavy atom. The minimum absolute atomic E-state index is 0.788. The first-order valence-electron chi connectivity index (χ1n) is 5.28. The number of halogens is 1. The fourth-order valence-electron chi connectivity index (χ4n) is 2.02. The first-order chi connectivity index (χ1) is 7.84. The van der Waals surface area contributed by atoms with E-state index in [1.54, 1.807) is 0 Å². The van der Waals surface area contributed by atoms with E-state index in [9.17, 15) is 0 Å². The Balaban J connectivity index is 2.09. The molecule has 4 heteroatoms. The molecule has 0 bridgehead atoms. The average molecular weight is 279 g/mol. The van der Waals surface area contributed by atoms with Crippen LogP contribution >= 0.6 is 15.9 Å². The van der Waals surface area contributed by atoms with Crippen LogP contribution in [0.1, 0.15) is 11.3 Å². The Labute approximate surface area is 102 Å². The molecule has 0 unspecified atom stereocenters. The summed E-state index contributed by atoms with van der Waals surface area (Å²) in [5, 5.41) is 7.45. The highest BCUT2D eigenvalue weighted by Crippen LogP contribution is 2.29. The van der Waals surface area contributed by atoms with Gasteiger partial charge in [0.05, 0.1) is 6.54 Å². The summed E-state index contributed by atoms with van der Waals surface area (Å²) in [6.45, 7) is 1.78. The SMILES string of the molecule is Brc1cccc(-c2noc3c2CCNC3)c1. The smallest absolute Gasteiger partial charge is 0.154 e. The topological polar surface area (TPSA) is 38.1 Å². The van der Waals surface area contributed by atoms with Crippen LogP contribution in [-0.2, 0) is 13.0 Å². The van der Waals surface area contributed by atoms with Gasteiger partial charge in [0.15, 0.2) is 5.76 Å². The van der Waals surface area contributed by atoms with Gasteiger partial charge in [-0.05, 0) is 25.1 Å². The molecule has 1 aromatic carbocycles. The number of benzene rings is 1. The first-order valence-corrected chi connectivity index (χ1v) is 6.08. The predicted octanol–water partition coefficient (Wildman–Crippen LogP) is 2.75. The van der Waals surface area contributed by atoms with Gasteiger partial charge in [0, 0.05) is 15.6 Å². The van der Waals surface area contributed by atoms with Gasteiger partial charge in [0.25, 0.3) is 0 Å². The maximum absolute atomic E-state index is 5.35. The lowest BCUT2D eigenvalue weighted by Crippen LogP contribution is -2.22. The van der Waals surface area contributed by atoms with Gasteiger partial charge in [0.2, 0.25) is 0 Å². The summed E-state index contributed by atoms with van der Waals surface area (Å²) in [7, 11) is 0. The Morgan fingerprint density at radius 1 is 1.38 bits per heavy atom. The van der Waals surface area contributed by atoms with Crippen molar-refractivity contribution in [3.05, 3.63) is 40.1 Å². The number of rotatable bonds is 1. The molecule has 0 spiro atoms. The highest BCUT2D eigenvalue weighted by Gasteiger charge is 2.19. The van der Waals surface area contributed by atoms with Crippen LogP contribution in [0.15, 0.2) is 33.3 Å². The van der Waals surface area contributed by atoms with Gasteiger partial charge < -0.3 is 9.84 Å². The predicted molar refractivity (Wildman–Crippen MR) is 65.0 cm³/mol. The number of aromatic nitrogens is 1. The second kappa shape index (κ2) is 4.03. The van der Waals surface area contributed by atoms with Crippen LogP contribution in [0.3, 0.4) is 0 Å². The normalized spacial score (nSPS) is 14.8. The molecular formula is C12H11BrN2O. The van der Waals surface area contributed by atoms with E-state index in [0.29, 0.717) is 0 Å². The summed E-state index contributed by atoms with van der Waals surface area (Å²) in [5.41, 5.74) is 3.34. The molecule has 0 saturated carbocycles. The molecule has 1 aliphatic rings. The molecule has 0 amide bonds. The van der Waals surface area contributed by atoms with Crippen molar-refractivity contribution in [2.75, 3.05) is 6.54 Å². The van der Waals surface area contributed by atoms with E-state index in [1.807, 2.05) is 12.1 Å². The largest absolute Gasteiger partial charge is 0.359 e. The molecule has 2 aromatic rings. The summed E-state index contributed by atoms with van der Waals surface area (Å²) >= 11 is 3.47. The highest BCUT2D eigenvalue weighted by atomic mass is 79.9. The third kappa shape index (κ3) is 1.68. The van der Waals surface area contributed by atoms with Crippen molar-refractivity contribution in [3.8, 4) is 11.3 Å². The van der Waals surface area contributed by atoms with E-state index in [2.05, 4.69) is 38.5 Å². The van der Waals surface area contributed by atoms with Gasteiger partial charge >= 0.3 is 0 Å². The van der Waals surface area contributed by atoms with E-state index in [4.69, 9.17) is 4.52 Å². The molecule has 3 nitrogen and oxygen atoms in total. The molecule has 16 heavy (non-hydrogen) atoms. The van der Waals surface area contributed by atoms with Crippen molar-refractivity contribution in [3.63, 3.8) is 0 Å². The van der Waals surface area contributed by atoms with Gasteiger partial charge in [-0.2, -0.15) is 0 Å². The van der Waals surface area contributed by atoms with Gasteiger partial charge in [-0.15, -0.1) is 0 Å². The number of fused-ring (bicyclic) bond motifs is 1. The lowest BCUT2D eigenvalue weighted by Gasteiger charge is -2.10. The van der Waals surface area contributed by atoms with Crippen LogP contribution in [0, 0.1) is 0 Å². The minimum atomic E-state index is 0.788. The number of nitrogens with zero attached hydrogens (tertiary/aromatic N) is 1. The maximum atomic E-state index is 5.35. The monoisotopic (exact) mass is 278 g/mol. The third-order valence-corrected chi connectivity index (χ3v) is 3.30. The summed E-state index contributed by atoms with van der Waals surface area (Å²) in [6.07, 6.45) is 0.987. The maximum Gasteiger partial charge on any atom is 0.154 e. The van der Waals surface area contributed by atoms with E-state index in [-0.39, 0.29) is 0 Å². The van der Waals surface area contributed by atoms with Gasteiger partial charge in [0.1, 0.15) is 5.69 Å². The summed E-state index contributed by atoms with van der Waals surface area (Å²) in [5.74, 6) is 0.973. The molecule has 2 heterocycles. The third-order valence-electron chi connectivity index (χ3n) is 2.80. The van der Waals surface area contributed by atoms with Crippen molar-refractivity contribution >= 4 is 15.9 Å². The lowest BCUT2D eigenvalue weighted by molar-refractivity contribution is 0.367. The molecule has 0 fully saturated rings. The zero-order valence-electron chi connectivity index (χ0n) is 8.66. The molecule has 1 N–H and O–H groups in total. The number of hydrogen-bond acceptors (Lipinski definition) is 3. The summed E-state index contributed by atoms with van der Waals surface area (Å²) in [4.78, 5) is 0. The van der Waals surface area contributed by atoms with E-state index in [1.165, 1.54) is 5.56 Å². The van der Waals surface area contributed by atoms with Crippen LogP contribution in [0.4, 0.5) is 0 Å². The van der Waals surface area contributed by atoms with E-state index < -0.39 is 0 Å². The Hall–Kier alpha value is -1.13. The lowest BCUT2D eigenvalue weighted by atomic mass is 10.0. The average Bonchev–Trinajstić information content (AvgIpc) is 2.72. The highest BCUT2D eigenvalue weighted by molar-refractivity contribution is 9.10. The van der Waals surface area contributed by atoms with Crippen molar-refractivity contribution in [2.24, 2.45) is 0 Å². The van der Waals surface area contributed by atoms with Gasteiger partial charge in [-0.1, -0.05) is 33.2 Å². The molecule has 0 aliphatic carbocycles.